The molecule has 4 heterocycles. The Labute approximate surface area is 213 Å². The minimum Gasteiger partial charge on any atom is -0.491 e. The molecule has 2 atom stereocenters. The summed E-state index contributed by atoms with van der Waals surface area (Å²) in [6, 6.07) is 12.3. The second-order valence-electron chi connectivity index (χ2n) is 8.71. The zero-order valence-electron chi connectivity index (χ0n) is 19.2. The van der Waals surface area contributed by atoms with Gasteiger partial charge in [0.15, 0.2) is 5.76 Å². The molecule has 2 aromatic heterocycles. The molecule has 9 heteroatoms. The van der Waals surface area contributed by atoms with Crippen LogP contribution in [0.3, 0.4) is 0 Å². The summed E-state index contributed by atoms with van der Waals surface area (Å²) in [7, 11) is 0. The molecule has 1 fully saturated rings. The summed E-state index contributed by atoms with van der Waals surface area (Å²) in [5.41, 5.74) is 1.10. The molecule has 184 valence electrons. The van der Waals surface area contributed by atoms with Crippen molar-refractivity contribution in [1.29, 1.82) is 0 Å². The molecule has 0 radical (unpaired) electrons. The van der Waals surface area contributed by atoms with E-state index in [9.17, 15) is 9.59 Å². The monoisotopic (exact) mass is 514 g/mol. The Morgan fingerprint density at radius 3 is 2.80 bits per heavy atom. The van der Waals surface area contributed by atoms with Crippen LogP contribution in [0.25, 0.3) is 0 Å². The van der Waals surface area contributed by atoms with E-state index in [0.29, 0.717) is 37.1 Å². The Kier molecular flexibility index (Phi) is 7.41. The molecule has 0 aliphatic carbocycles. The summed E-state index contributed by atoms with van der Waals surface area (Å²) in [5, 5.41) is 2.69. The van der Waals surface area contributed by atoms with E-state index in [1.165, 1.54) is 11.1 Å². The first kappa shape index (κ1) is 23.9. The van der Waals surface area contributed by atoms with Crippen molar-refractivity contribution in [3.63, 3.8) is 0 Å². The summed E-state index contributed by atoms with van der Waals surface area (Å²) in [6.07, 6.45) is 4.00. The molecule has 1 saturated heterocycles. The fraction of sp³-hybridized carbons (Fsp3) is 0.385. The standard InChI is InChI=1S/C26H27ClN2O5S/c27-18-5-7-19(8-6-18)34-17-22-21-10-14-35-24(21)9-11-29(22)25(30)16-28(15-20-3-1-12-32-20)26(31)23-4-2-13-33-23/h2,4-8,10,13-14,20,22H,1,3,9,11-12,15-17H2/t20-,22+/m1/s1. The number of hydrogen-bond donors (Lipinski definition) is 0. The number of rotatable bonds is 8. The first-order valence-electron chi connectivity index (χ1n) is 11.8. The first-order chi connectivity index (χ1) is 17.1. The second-order valence-corrected chi connectivity index (χ2v) is 10.2. The number of fused-ring (bicyclic) bond motifs is 1. The van der Waals surface area contributed by atoms with Crippen molar-refractivity contribution in [2.45, 2.75) is 31.4 Å². The summed E-state index contributed by atoms with van der Waals surface area (Å²) < 4.78 is 17.2. The van der Waals surface area contributed by atoms with Gasteiger partial charge >= 0.3 is 0 Å². The van der Waals surface area contributed by atoms with E-state index in [4.69, 9.17) is 25.5 Å². The number of amides is 2. The van der Waals surface area contributed by atoms with E-state index in [1.807, 2.05) is 17.0 Å². The molecule has 2 aliphatic rings. The number of halogens is 1. The van der Waals surface area contributed by atoms with Crippen molar-refractivity contribution in [1.82, 2.24) is 9.80 Å². The van der Waals surface area contributed by atoms with E-state index in [0.717, 1.165) is 24.8 Å². The highest BCUT2D eigenvalue weighted by Gasteiger charge is 2.35. The van der Waals surface area contributed by atoms with Crippen molar-refractivity contribution in [3.05, 3.63) is 75.3 Å². The van der Waals surface area contributed by atoms with E-state index in [1.54, 1.807) is 40.5 Å². The van der Waals surface area contributed by atoms with Gasteiger partial charge in [0, 0.05) is 29.6 Å². The third kappa shape index (κ3) is 5.55. The smallest absolute Gasteiger partial charge is 0.290 e. The van der Waals surface area contributed by atoms with E-state index in [-0.39, 0.29) is 36.3 Å². The van der Waals surface area contributed by atoms with Gasteiger partial charge in [-0.25, -0.2) is 0 Å². The quantitative estimate of drug-likeness (QED) is 0.431. The van der Waals surface area contributed by atoms with Crippen molar-refractivity contribution in [3.8, 4) is 5.75 Å². The Hall–Kier alpha value is -2.81. The van der Waals surface area contributed by atoms with Crippen LogP contribution < -0.4 is 4.74 Å². The zero-order chi connectivity index (χ0) is 24.2. The number of hydrogen-bond acceptors (Lipinski definition) is 6. The average Bonchev–Trinajstić information content (AvgIpc) is 3.65. The molecule has 0 unspecified atom stereocenters. The van der Waals surface area contributed by atoms with E-state index >= 15 is 0 Å². The SMILES string of the molecule is O=C(c1ccco1)N(CC(=O)N1CCc2sccc2[C@@H]1COc1ccc(Cl)cc1)C[C@H]1CCCO1. The highest BCUT2D eigenvalue weighted by molar-refractivity contribution is 7.10. The Bertz CT molecular complexity index is 1140. The highest BCUT2D eigenvalue weighted by atomic mass is 35.5. The van der Waals surface area contributed by atoms with Gasteiger partial charge in [-0.2, -0.15) is 0 Å². The Morgan fingerprint density at radius 1 is 1.20 bits per heavy atom. The number of ether oxygens (including phenoxy) is 2. The van der Waals surface area contributed by atoms with Crippen LogP contribution in [0, 0.1) is 0 Å². The molecule has 1 aromatic carbocycles. The molecule has 2 amide bonds. The first-order valence-corrected chi connectivity index (χ1v) is 13.0. The largest absolute Gasteiger partial charge is 0.491 e. The maximum Gasteiger partial charge on any atom is 0.290 e. The van der Waals surface area contributed by atoms with Crippen LogP contribution in [-0.4, -0.2) is 60.6 Å². The van der Waals surface area contributed by atoms with Gasteiger partial charge < -0.3 is 23.7 Å². The van der Waals surface area contributed by atoms with E-state index < -0.39 is 0 Å². The lowest BCUT2D eigenvalue weighted by molar-refractivity contribution is -0.135. The summed E-state index contributed by atoms with van der Waals surface area (Å²) in [4.78, 5) is 31.5. The number of thiophene rings is 1. The lowest BCUT2D eigenvalue weighted by Gasteiger charge is -2.37. The molecule has 2 aliphatic heterocycles. The third-order valence-corrected chi connectivity index (χ3v) is 7.68. The van der Waals surface area contributed by atoms with E-state index in [2.05, 4.69) is 11.4 Å². The molecule has 7 nitrogen and oxygen atoms in total. The van der Waals surface area contributed by atoms with Crippen molar-refractivity contribution < 1.29 is 23.5 Å². The molecular formula is C26H27ClN2O5S. The minimum atomic E-state index is -0.305. The van der Waals surface area contributed by atoms with Crippen molar-refractivity contribution in [2.24, 2.45) is 0 Å². The fourth-order valence-corrected chi connectivity index (χ4v) is 5.70. The summed E-state index contributed by atoms with van der Waals surface area (Å²) in [6.45, 7) is 1.88. The van der Waals surface area contributed by atoms with Crippen LogP contribution in [0.2, 0.25) is 5.02 Å². The molecule has 5 rings (SSSR count). The number of benzene rings is 1. The summed E-state index contributed by atoms with van der Waals surface area (Å²) in [5.74, 6) is 0.486. The lowest BCUT2D eigenvalue weighted by atomic mass is 10.0. The van der Waals surface area contributed by atoms with Crippen LogP contribution >= 0.6 is 22.9 Å². The lowest BCUT2D eigenvalue weighted by Crippen LogP contribution is -2.49. The van der Waals surface area contributed by atoms with Crippen LogP contribution in [0.1, 0.15) is 39.9 Å². The van der Waals surface area contributed by atoms with Crippen molar-refractivity contribution >= 4 is 34.8 Å². The maximum absolute atomic E-state index is 13.6. The predicted octanol–water partition coefficient (Wildman–Crippen LogP) is 4.82. The topological polar surface area (TPSA) is 72.2 Å². The fourth-order valence-electron chi connectivity index (χ4n) is 4.64. The van der Waals surface area contributed by atoms with Crippen LogP contribution in [0.4, 0.5) is 0 Å². The van der Waals surface area contributed by atoms with Gasteiger partial charge in [0.25, 0.3) is 5.91 Å². The van der Waals surface area contributed by atoms with Gasteiger partial charge in [0.1, 0.15) is 18.9 Å². The van der Waals surface area contributed by atoms with Crippen LogP contribution in [0.15, 0.2) is 58.5 Å². The minimum absolute atomic E-state index is 0.0453. The van der Waals surface area contributed by atoms with Gasteiger partial charge in [0.05, 0.1) is 18.4 Å². The number of carbonyl (C=O) groups excluding carboxylic acids is 2. The Morgan fingerprint density at radius 2 is 2.06 bits per heavy atom. The summed E-state index contributed by atoms with van der Waals surface area (Å²) >= 11 is 7.69. The number of furan rings is 1. The number of carbonyl (C=O) groups is 2. The highest BCUT2D eigenvalue weighted by Crippen LogP contribution is 2.34. The zero-order valence-corrected chi connectivity index (χ0v) is 20.8. The van der Waals surface area contributed by atoms with Gasteiger partial charge in [-0.3, -0.25) is 9.59 Å². The normalized spacial score (nSPS) is 19.4. The van der Waals surface area contributed by atoms with Crippen LogP contribution in [-0.2, 0) is 16.0 Å². The molecule has 35 heavy (non-hydrogen) atoms. The average molecular weight is 515 g/mol. The second kappa shape index (κ2) is 10.8. The molecular weight excluding hydrogens is 488 g/mol. The Balaban J connectivity index is 1.33. The predicted molar refractivity (Wildman–Crippen MR) is 133 cm³/mol. The molecule has 0 saturated carbocycles. The van der Waals surface area contributed by atoms with Gasteiger partial charge in [-0.1, -0.05) is 11.6 Å². The van der Waals surface area contributed by atoms with Gasteiger partial charge in [-0.05, 0) is 72.7 Å². The van der Waals surface area contributed by atoms with Gasteiger partial charge in [0.2, 0.25) is 5.91 Å². The van der Waals surface area contributed by atoms with Gasteiger partial charge in [-0.15, -0.1) is 11.3 Å². The number of nitrogens with zero attached hydrogens (tertiary/aromatic N) is 2. The molecule has 3 aromatic rings. The maximum atomic E-state index is 13.6. The molecule has 0 bridgehead atoms. The molecule has 0 spiro atoms. The van der Waals surface area contributed by atoms with Crippen LogP contribution in [0.5, 0.6) is 5.75 Å². The molecule has 0 N–H and O–H groups in total. The van der Waals surface area contributed by atoms with Crippen molar-refractivity contribution in [2.75, 3.05) is 32.8 Å². The third-order valence-electron chi connectivity index (χ3n) is 6.43.